The Morgan fingerprint density at radius 3 is 2.65 bits per heavy atom. The lowest BCUT2D eigenvalue weighted by atomic mass is 10.0. The summed E-state index contributed by atoms with van der Waals surface area (Å²) in [6.07, 6.45) is 0.670. The molecular formula is C14H16FNO4. The predicted molar refractivity (Wildman–Crippen MR) is 68.5 cm³/mol. The van der Waals surface area contributed by atoms with Crippen molar-refractivity contribution < 1.29 is 23.8 Å². The summed E-state index contributed by atoms with van der Waals surface area (Å²) in [5, 5.41) is 11.6. The lowest BCUT2D eigenvalue weighted by molar-refractivity contribution is -0.138. The number of benzene rings is 1. The molecule has 5 nitrogen and oxygen atoms in total. The van der Waals surface area contributed by atoms with Gasteiger partial charge in [0.25, 0.3) is 0 Å². The van der Waals surface area contributed by atoms with Crippen LogP contribution in [0, 0.1) is 5.82 Å². The van der Waals surface area contributed by atoms with Gasteiger partial charge in [0.1, 0.15) is 11.9 Å². The first kappa shape index (κ1) is 14.5. The van der Waals surface area contributed by atoms with E-state index in [0.717, 1.165) is 6.42 Å². The molecule has 2 rings (SSSR count). The minimum atomic E-state index is -1.04. The third-order valence-corrected chi connectivity index (χ3v) is 3.19. The normalized spacial score (nSPS) is 19.6. The van der Waals surface area contributed by atoms with Crippen molar-refractivity contribution in [3.05, 3.63) is 35.6 Å². The second-order valence-corrected chi connectivity index (χ2v) is 4.71. The summed E-state index contributed by atoms with van der Waals surface area (Å²) in [4.78, 5) is 22.9. The Morgan fingerprint density at radius 2 is 2.10 bits per heavy atom. The first-order chi connectivity index (χ1) is 9.56. The maximum atomic E-state index is 12.9. The number of carbonyl (C=O) groups excluding carboxylic acids is 1. The smallest absolute Gasteiger partial charge is 0.305 e. The van der Waals surface area contributed by atoms with E-state index in [1.165, 1.54) is 24.3 Å². The van der Waals surface area contributed by atoms with Crippen LogP contribution >= 0.6 is 0 Å². The van der Waals surface area contributed by atoms with Crippen molar-refractivity contribution in [2.45, 2.75) is 31.4 Å². The molecule has 2 atom stereocenters. The van der Waals surface area contributed by atoms with E-state index in [9.17, 15) is 14.0 Å². The van der Waals surface area contributed by atoms with E-state index in [4.69, 9.17) is 9.84 Å². The molecule has 0 aromatic heterocycles. The first-order valence-electron chi connectivity index (χ1n) is 6.45. The second-order valence-electron chi connectivity index (χ2n) is 4.71. The van der Waals surface area contributed by atoms with Gasteiger partial charge in [-0.15, -0.1) is 0 Å². The van der Waals surface area contributed by atoms with Crippen LogP contribution in [0.2, 0.25) is 0 Å². The third-order valence-electron chi connectivity index (χ3n) is 3.19. The van der Waals surface area contributed by atoms with Crippen LogP contribution in [-0.4, -0.2) is 29.7 Å². The molecule has 0 spiro atoms. The van der Waals surface area contributed by atoms with Crippen LogP contribution in [0.1, 0.15) is 30.9 Å². The molecule has 108 valence electrons. The van der Waals surface area contributed by atoms with Crippen molar-refractivity contribution >= 4 is 11.9 Å². The number of nitrogens with one attached hydrogen (secondary N) is 1. The quantitative estimate of drug-likeness (QED) is 0.860. The largest absolute Gasteiger partial charge is 0.481 e. The highest BCUT2D eigenvalue weighted by atomic mass is 19.1. The Morgan fingerprint density at radius 1 is 1.40 bits per heavy atom. The molecule has 6 heteroatoms. The minimum absolute atomic E-state index is 0.260. The maximum absolute atomic E-state index is 12.9. The van der Waals surface area contributed by atoms with Crippen LogP contribution in [0.15, 0.2) is 24.3 Å². The molecule has 1 aromatic carbocycles. The molecule has 1 aliphatic rings. The number of carboxylic acids is 1. The van der Waals surface area contributed by atoms with Gasteiger partial charge in [-0.05, 0) is 30.5 Å². The van der Waals surface area contributed by atoms with Crippen molar-refractivity contribution in [1.82, 2.24) is 5.32 Å². The van der Waals surface area contributed by atoms with Crippen LogP contribution in [0.5, 0.6) is 0 Å². The summed E-state index contributed by atoms with van der Waals surface area (Å²) in [6, 6.07) is 4.73. The fraction of sp³-hybridized carbons (Fsp3) is 0.429. The number of aliphatic carboxylic acids is 1. The highest BCUT2D eigenvalue weighted by Crippen LogP contribution is 2.19. The van der Waals surface area contributed by atoms with E-state index in [2.05, 4.69) is 5.32 Å². The first-order valence-corrected chi connectivity index (χ1v) is 6.45. The van der Waals surface area contributed by atoms with Crippen molar-refractivity contribution in [1.29, 1.82) is 0 Å². The van der Waals surface area contributed by atoms with Crippen molar-refractivity contribution in [3.63, 3.8) is 0 Å². The Labute approximate surface area is 115 Å². The number of hydrogen-bond donors (Lipinski definition) is 2. The Bertz CT molecular complexity index is 482. The van der Waals surface area contributed by atoms with Crippen LogP contribution in [-0.2, 0) is 14.3 Å². The Hall–Kier alpha value is -1.95. The maximum Gasteiger partial charge on any atom is 0.305 e. The molecule has 0 unspecified atom stereocenters. The Balaban J connectivity index is 2.08. The monoisotopic (exact) mass is 281 g/mol. The van der Waals surface area contributed by atoms with Gasteiger partial charge in [0.05, 0.1) is 12.5 Å². The summed E-state index contributed by atoms with van der Waals surface area (Å²) in [5.74, 6) is -1.77. The van der Waals surface area contributed by atoms with Crippen molar-refractivity contribution in [2.24, 2.45) is 0 Å². The highest BCUT2D eigenvalue weighted by molar-refractivity contribution is 5.82. The fourth-order valence-electron chi connectivity index (χ4n) is 2.17. The fourth-order valence-corrected chi connectivity index (χ4v) is 2.17. The zero-order valence-electron chi connectivity index (χ0n) is 10.8. The molecule has 1 heterocycles. The number of halogens is 1. The summed E-state index contributed by atoms with van der Waals surface area (Å²) < 4.78 is 18.2. The third kappa shape index (κ3) is 3.77. The molecule has 1 fully saturated rings. The number of hydrogen-bond acceptors (Lipinski definition) is 3. The molecule has 0 bridgehead atoms. The predicted octanol–water partition coefficient (Wildman–Crippen LogP) is 1.64. The molecule has 0 radical (unpaired) electrons. The van der Waals surface area contributed by atoms with E-state index < -0.39 is 23.9 Å². The molecule has 1 aliphatic heterocycles. The summed E-state index contributed by atoms with van der Waals surface area (Å²) in [6.45, 7) is 0.540. The molecular weight excluding hydrogens is 265 g/mol. The molecule has 0 saturated carbocycles. The van der Waals surface area contributed by atoms with Gasteiger partial charge in [0, 0.05) is 6.61 Å². The molecule has 1 amide bonds. The zero-order chi connectivity index (χ0) is 14.5. The van der Waals surface area contributed by atoms with E-state index >= 15 is 0 Å². The molecule has 20 heavy (non-hydrogen) atoms. The average molecular weight is 281 g/mol. The number of carbonyl (C=O) groups is 2. The molecule has 1 aromatic rings. The average Bonchev–Trinajstić information content (AvgIpc) is 2.92. The SMILES string of the molecule is O=C(O)C[C@H](NC(=O)[C@H]1CCCO1)c1ccc(F)cc1. The topological polar surface area (TPSA) is 75.6 Å². The Kier molecular flexibility index (Phi) is 4.68. The van der Waals surface area contributed by atoms with Gasteiger partial charge in [-0.2, -0.15) is 0 Å². The van der Waals surface area contributed by atoms with Gasteiger partial charge in [-0.3, -0.25) is 9.59 Å². The van der Waals surface area contributed by atoms with Gasteiger partial charge in [0.2, 0.25) is 5.91 Å². The zero-order valence-corrected chi connectivity index (χ0v) is 10.8. The van der Waals surface area contributed by atoms with Gasteiger partial charge < -0.3 is 15.2 Å². The van der Waals surface area contributed by atoms with Gasteiger partial charge in [0.15, 0.2) is 0 Å². The summed E-state index contributed by atoms with van der Waals surface area (Å²) in [5.41, 5.74) is 0.556. The van der Waals surface area contributed by atoms with Gasteiger partial charge >= 0.3 is 5.97 Å². The van der Waals surface area contributed by atoms with Crippen molar-refractivity contribution in [3.8, 4) is 0 Å². The number of carboxylic acid groups (broad SMARTS) is 1. The van der Waals surface area contributed by atoms with E-state index in [-0.39, 0.29) is 12.3 Å². The lowest BCUT2D eigenvalue weighted by Crippen LogP contribution is -2.37. The number of rotatable bonds is 5. The second kappa shape index (κ2) is 6.47. The molecule has 0 aliphatic carbocycles. The van der Waals surface area contributed by atoms with Crippen LogP contribution in [0.25, 0.3) is 0 Å². The molecule has 1 saturated heterocycles. The van der Waals surface area contributed by atoms with Crippen LogP contribution < -0.4 is 5.32 Å². The summed E-state index contributed by atoms with van der Waals surface area (Å²) >= 11 is 0. The van der Waals surface area contributed by atoms with Gasteiger partial charge in [-0.1, -0.05) is 12.1 Å². The van der Waals surface area contributed by atoms with E-state index in [0.29, 0.717) is 18.6 Å². The lowest BCUT2D eigenvalue weighted by Gasteiger charge is -2.19. The summed E-state index contributed by atoms with van der Waals surface area (Å²) in [7, 11) is 0. The minimum Gasteiger partial charge on any atom is -0.481 e. The van der Waals surface area contributed by atoms with Gasteiger partial charge in [-0.25, -0.2) is 4.39 Å². The van der Waals surface area contributed by atoms with E-state index in [1.54, 1.807) is 0 Å². The number of ether oxygens (including phenoxy) is 1. The highest BCUT2D eigenvalue weighted by Gasteiger charge is 2.27. The van der Waals surface area contributed by atoms with Crippen LogP contribution in [0.4, 0.5) is 4.39 Å². The molecule has 2 N–H and O–H groups in total. The van der Waals surface area contributed by atoms with E-state index in [1.807, 2.05) is 0 Å². The standard InChI is InChI=1S/C14H16FNO4/c15-10-5-3-9(4-6-10)11(8-13(17)18)16-14(19)12-2-1-7-20-12/h3-6,11-12H,1-2,7-8H2,(H,16,19)(H,17,18)/t11-,12+/m0/s1. The van der Waals surface area contributed by atoms with Crippen LogP contribution in [0.3, 0.4) is 0 Å². The van der Waals surface area contributed by atoms with Crippen molar-refractivity contribution in [2.75, 3.05) is 6.61 Å². The number of amides is 1.